The molecule has 246 valence electrons. The Kier molecular flexibility index (Phi) is 13.6. The summed E-state index contributed by atoms with van der Waals surface area (Å²) in [6, 6.07) is 41.0. The maximum atomic E-state index is 13.9. The number of benzene rings is 4. The van der Waals surface area contributed by atoms with Gasteiger partial charge in [0.25, 0.3) is 0 Å². The molecule has 0 amide bonds. The Labute approximate surface area is 287 Å². The van der Waals surface area contributed by atoms with Gasteiger partial charge in [-0.15, -0.1) is 4.33 Å². The lowest BCUT2D eigenvalue weighted by Gasteiger charge is -2.27. The molecule has 0 aliphatic carbocycles. The third-order valence-corrected chi connectivity index (χ3v) is 21.1. The fourth-order valence-electron chi connectivity index (χ4n) is 7.07. The molecule has 0 bridgehead atoms. The molecule has 2 fully saturated rings. The summed E-state index contributed by atoms with van der Waals surface area (Å²) < 4.78 is 36.8. The van der Waals surface area contributed by atoms with Crippen LogP contribution in [0.2, 0.25) is 0 Å². The highest BCUT2D eigenvalue weighted by atomic mass is 32.2. The van der Waals surface area contributed by atoms with E-state index in [0.717, 1.165) is 79.9 Å². The highest BCUT2D eigenvalue weighted by Gasteiger charge is 2.43. The number of hydrogen-bond acceptors (Lipinski definition) is 6. The van der Waals surface area contributed by atoms with Crippen molar-refractivity contribution >= 4 is 62.5 Å². The van der Waals surface area contributed by atoms with E-state index in [4.69, 9.17) is 11.7 Å². The molecule has 0 unspecified atom stereocenters. The van der Waals surface area contributed by atoms with Crippen LogP contribution in [0.4, 0.5) is 0 Å². The molecule has 4 atom stereocenters. The van der Waals surface area contributed by atoms with Gasteiger partial charge in [0.2, 0.25) is 0 Å². The van der Waals surface area contributed by atoms with Crippen molar-refractivity contribution in [1.82, 2.24) is 0 Å². The second-order valence-corrected chi connectivity index (χ2v) is 22.6. The van der Waals surface area contributed by atoms with Gasteiger partial charge in [-0.25, -0.2) is 4.89 Å². The molecule has 2 heterocycles. The van der Waals surface area contributed by atoms with E-state index in [-0.39, 0.29) is 11.3 Å². The zero-order valence-corrected chi connectivity index (χ0v) is 30.6. The van der Waals surface area contributed by atoms with Gasteiger partial charge in [-0.05, 0) is 62.8 Å². The van der Waals surface area contributed by atoms with Crippen molar-refractivity contribution in [3.8, 4) is 0 Å². The topological polar surface area (TPSA) is 61.8 Å². The van der Waals surface area contributed by atoms with E-state index >= 15 is 0 Å². The lowest BCUT2D eigenvalue weighted by molar-refractivity contribution is -0.166. The summed E-state index contributed by atoms with van der Waals surface area (Å²) in [6.45, 7) is 0.523. The minimum absolute atomic E-state index is 0.234. The van der Waals surface area contributed by atoms with Crippen LogP contribution in [0.3, 0.4) is 0 Å². The first-order valence-electron chi connectivity index (χ1n) is 16.5. The molecule has 4 aromatic carbocycles. The summed E-state index contributed by atoms with van der Waals surface area (Å²) in [5.41, 5.74) is 0.489. The second-order valence-electron chi connectivity index (χ2n) is 12.3. The molecule has 6 rings (SSSR count). The van der Waals surface area contributed by atoms with Gasteiger partial charge < -0.3 is 9.13 Å². The van der Waals surface area contributed by atoms with Crippen molar-refractivity contribution in [2.24, 2.45) is 0 Å². The van der Waals surface area contributed by atoms with E-state index in [1.54, 1.807) is 0 Å². The van der Waals surface area contributed by atoms with Crippen LogP contribution in [0.5, 0.6) is 0 Å². The molecule has 2 saturated heterocycles. The van der Waals surface area contributed by atoms with E-state index in [2.05, 4.69) is 69.9 Å². The Morgan fingerprint density at radius 2 is 1.11 bits per heavy atom. The summed E-state index contributed by atoms with van der Waals surface area (Å²) in [4.78, 5) is 4.41. The van der Waals surface area contributed by atoms with E-state index in [1.807, 2.05) is 60.7 Å². The molecule has 0 saturated carbocycles. The van der Waals surface area contributed by atoms with Crippen molar-refractivity contribution < 1.29 is 22.5 Å². The van der Waals surface area contributed by atoms with E-state index in [9.17, 15) is 9.13 Å². The standard InChI is InChI=1S/C24H26BOP2.C13H19O4PS/c25-27(21-11-4-1-5-12-21,22-13-6-2-7-14-22)20-18-24-17-10-19-28(24,26)23-15-8-3-9-16-23;1-15-17-19-16-10-9-13-8-5-11-18(13,14)12-6-3-2-4-7-12/h1-9,11-16,24H,10,17-20H2;2-4,6-7,13H,5,8-11H2,1H3/q+1;/t24-,28+;13-,18+/m11/s1. The Balaban J connectivity index is 0.000000199. The first-order chi connectivity index (χ1) is 22.9. The Morgan fingerprint density at radius 3 is 1.55 bits per heavy atom. The summed E-state index contributed by atoms with van der Waals surface area (Å²) in [6.07, 6.45) is 8.47. The second kappa shape index (κ2) is 17.6. The zero-order chi connectivity index (χ0) is 33.0. The fourth-order valence-corrected chi connectivity index (χ4v) is 17.5. The third-order valence-electron chi connectivity index (χ3n) is 9.55. The van der Waals surface area contributed by atoms with Crippen LogP contribution in [-0.2, 0) is 22.5 Å². The van der Waals surface area contributed by atoms with E-state index in [0.29, 0.717) is 6.61 Å². The number of rotatable bonds is 13. The van der Waals surface area contributed by atoms with Crippen LogP contribution in [0.1, 0.15) is 38.5 Å². The van der Waals surface area contributed by atoms with E-state index in [1.165, 1.54) is 17.7 Å². The fraction of sp³-hybridized carbons (Fsp3) is 0.351. The first-order valence-corrected chi connectivity index (χ1v) is 23.1. The molecule has 4 aromatic rings. The quantitative estimate of drug-likeness (QED) is 0.0348. The van der Waals surface area contributed by atoms with Crippen molar-refractivity contribution in [3.05, 3.63) is 121 Å². The van der Waals surface area contributed by atoms with Gasteiger partial charge in [0.05, 0.1) is 30.5 Å². The maximum absolute atomic E-state index is 13.9. The summed E-state index contributed by atoms with van der Waals surface area (Å²) in [7, 11) is 2.01. The van der Waals surface area contributed by atoms with Crippen molar-refractivity contribution in [1.29, 1.82) is 0 Å². The third kappa shape index (κ3) is 9.00. The van der Waals surface area contributed by atoms with Gasteiger partial charge in [-0.2, -0.15) is 0 Å². The summed E-state index contributed by atoms with van der Waals surface area (Å²) in [5.74, 6) is 0. The molecule has 47 heavy (non-hydrogen) atoms. The Morgan fingerprint density at radius 1 is 0.681 bits per heavy atom. The Bertz CT molecular complexity index is 1560. The summed E-state index contributed by atoms with van der Waals surface area (Å²) in [5, 5.41) is 4.53. The highest BCUT2D eigenvalue weighted by molar-refractivity contribution is 8.08. The lowest BCUT2D eigenvalue weighted by Crippen LogP contribution is -2.27. The first kappa shape index (κ1) is 36.3. The minimum Gasteiger partial charge on any atom is -0.318 e. The van der Waals surface area contributed by atoms with Crippen molar-refractivity contribution in [3.63, 3.8) is 0 Å². The van der Waals surface area contributed by atoms with Gasteiger partial charge in [0.1, 0.15) is 14.3 Å². The average Bonchev–Trinajstić information content (AvgIpc) is 3.71. The van der Waals surface area contributed by atoms with Gasteiger partial charge >= 0.3 is 7.57 Å². The predicted octanol–water partition coefficient (Wildman–Crippen LogP) is 8.36. The smallest absolute Gasteiger partial charge is 0.318 e. The average molecular weight is 706 g/mol. The van der Waals surface area contributed by atoms with Crippen molar-refractivity contribution in [2.45, 2.75) is 49.8 Å². The molecule has 2 aliphatic rings. The predicted molar refractivity (Wildman–Crippen MR) is 204 cm³/mol. The van der Waals surface area contributed by atoms with Gasteiger partial charge in [0.15, 0.2) is 12.3 Å². The molecule has 0 N–H and O–H groups in total. The monoisotopic (exact) mass is 705 g/mol. The Hall–Kier alpha value is -1.94. The van der Waals surface area contributed by atoms with Gasteiger partial charge in [-0.3, -0.25) is 4.18 Å². The van der Waals surface area contributed by atoms with Crippen LogP contribution in [0.15, 0.2) is 121 Å². The van der Waals surface area contributed by atoms with Crippen LogP contribution >= 0.6 is 33.7 Å². The molecule has 2 aliphatic heterocycles. The normalized spacial score (nSPS) is 24.0. The van der Waals surface area contributed by atoms with Crippen LogP contribution < -0.4 is 21.2 Å². The molecular formula is C37H45BO5P3S+. The molecule has 0 aromatic heterocycles. The van der Waals surface area contributed by atoms with Crippen molar-refractivity contribution in [2.75, 3.05) is 32.2 Å². The van der Waals surface area contributed by atoms with Gasteiger partial charge in [-0.1, -0.05) is 97.1 Å². The number of hydrogen-bond donors (Lipinski definition) is 0. The molecule has 10 heteroatoms. The summed E-state index contributed by atoms with van der Waals surface area (Å²) >= 11 is 0.821. The van der Waals surface area contributed by atoms with E-state index < -0.39 is 21.4 Å². The highest BCUT2D eigenvalue weighted by Crippen LogP contribution is 2.61. The molecule has 2 radical (unpaired) electrons. The molecule has 0 spiro atoms. The lowest BCUT2D eigenvalue weighted by atomic mass is 10.2. The maximum Gasteiger partial charge on any atom is 0.377 e. The van der Waals surface area contributed by atoms with Crippen LogP contribution in [0, 0.1) is 0 Å². The molecule has 5 nitrogen and oxygen atoms in total. The van der Waals surface area contributed by atoms with Gasteiger partial charge in [0, 0.05) is 41.4 Å². The molecular weight excluding hydrogens is 660 g/mol. The SMILES string of the molecule is COOSOCC[C@H]1CCC[P@]1(=O)c1ccccc1.[B][P+](CC[C@H]1CCC[P@]1(=O)c1ccccc1)(c1ccccc1)c1ccccc1. The van der Waals surface area contributed by atoms with Crippen LogP contribution in [-0.4, -0.2) is 51.1 Å². The largest absolute Gasteiger partial charge is 0.377 e. The minimum atomic E-state index is -2.34. The zero-order valence-electron chi connectivity index (χ0n) is 27.1. The van der Waals surface area contributed by atoms with Crippen LogP contribution in [0.25, 0.3) is 0 Å².